The summed E-state index contributed by atoms with van der Waals surface area (Å²) in [5.41, 5.74) is -1.67. The SMILES string of the molecule is CC[C@H](C)[C@@H]1NC(=O)[C@H](CC(C)C)N(C)C(=O)C[C@@H](C(=O)N2CCOCC2)N(C)C(=O)[C@H](C2CCCC2)N(CC)C(=O)C2(CCCC2)NC(=O)[C@@H]2CCCN2C(=O)[C@H](CCC2CC(F)C(C(F)(F)F)C(F)C2)NC(=O)CN(C)C(=O)[C@H](CC2CCC(C(F)(F)F)CC2)N2CCCC[C@@H](C2=O)N(C)C(=O)CN(C)C1=O. The molecule has 0 aromatic rings. The van der Waals surface area contributed by atoms with Crippen molar-refractivity contribution in [2.45, 2.75) is 274 Å². The number of amides is 12. The third kappa shape index (κ3) is 21.2. The molecule has 8 fully saturated rings. The minimum Gasteiger partial charge on any atom is -0.378 e. The van der Waals surface area contributed by atoms with Gasteiger partial charge in [0.2, 0.25) is 70.9 Å². The molecule has 4 saturated heterocycles. The second kappa shape index (κ2) is 38.0. The predicted octanol–water partition coefficient (Wildman–Crippen LogP) is 6.72. The fourth-order valence-corrected chi connectivity index (χ4v) is 18.1. The van der Waals surface area contributed by atoms with Crippen molar-refractivity contribution in [1.82, 2.24) is 60.0 Å². The van der Waals surface area contributed by atoms with Gasteiger partial charge >= 0.3 is 12.4 Å². The van der Waals surface area contributed by atoms with Crippen molar-refractivity contribution in [1.29, 1.82) is 0 Å². The molecule has 12 amide bonds. The molecule has 2 unspecified atom stereocenters. The van der Waals surface area contributed by atoms with Crippen molar-refractivity contribution in [3.63, 3.8) is 0 Å². The van der Waals surface area contributed by atoms with E-state index in [0.717, 1.165) is 14.7 Å². The summed E-state index contributed by atoms with van der Waals surface area (Å²) in [4.78, 5) is 194. The van der Waals surface area contributed by atoms with Gasteiger partial charge in [0.05, 0.1) is 38.6 Å². The van der Waals surface area contributed by atoms with E-state index in [-0.39, 0.29) is 135 Å². The second-order valence-electron chi connectivity index (χ2n) is 32.8. The van der Waals surface area contributed by atoms with E-state index in [9.17, 15) is 40.7 Å². The van der Waals surface area contributed by atoms with E-state index in [1.54, 1.807) is 20.8 Å². The highest BCUT2D eigenvalue weighted by atomic mass is 19.4. The van der Waals surface area contributed by atoms with Gasteiger partial charge in [0.25, 0.3) is 0 Å². The highest BCUT2D eigenvalue weighted by Crippen LogP contribution is 2.46. The van der Waals surface area contributed by atoms with Crippen molar-refractivity contribution >= 4 is 70.9 Å². The molecular formula is C76H118F8N12O13. The molecule has 4 aliphatic carbocycles. The molecule has 4 aliphatic heterocycles. The number of nitrogens with one attached hydrogen (secondary N) is 3. The third-order valence-electron chi connectivity index (χ3n) is 24.9. The van der Waals surface area contributed by atoms with Gasteiger partial charge in [-0.25, -0.2) is 8.78 Å². The van der Waals surface area contributed by atoms with Crippen molar-refractivity contribution in [3.05, 3.63) is 0 Å². The standard InChI is InChI=1S/C76H118F8N12O13/c1-11-46(5)63-71(106)89(7)44-61(99)90(8)55-22-15-18-32-96(70(55)105)58(41-47-24-27-50(28-25-47)75(79,80)81)68(103)88(6)43-59(97)85-53(29-26-48-39-51(77)62(52(78)40-48)76(82,83)84)67(102)95-33-19-23-54(95)66(101)87-74(30-16-17-31-74)73(108)94(12-2)64(49-20-13-14-21-49)72(107)92(10)57(69(104)93-34-36-109-37-35-93)42-60(98)91(9)56(38-45(3)4)65(100)86-63/h45-58,62-64H,11-44H2,1-10H3,(H,85,97)(H,86,100)(H,87,101)/t46-,47?,48?,50?,51?,52?,53-,54-,55-,56-,57-,58-,62?,63-,64-/m0/s1. The molecule has 0 aromatic carbocycles. The van der Waals surface area contributed by atoms with Crippen LogP contribution in [0.3, 0.4) is 0 Å². The number of alkyl halides is 8. The molecule has 8 rings (SSSR count). The quantitative estimate of drug-likeness (QED) is 0.171. The summed E-state index contributed by atoms with van der Waals surface area (Å²) in [6.07, 6.45) is -13.7. The normalized spacial score (nSPS) is 31.8. The zero-order chi connectivity index (χ0) is 80.3. The average molecular weight is 1560 g/mol. The summed E-state index contributed by atoms with van der Waals surface area (Å²) in [5.74, 6) is -16.4. The van der Waals surface area contributed by atoms with E-state index in [2.05, 4.69) is 16.0 Å². The highest BCUT2D eigenvalue weighted by Gasteiger charge is 2.56. The van der Waals surface area contributed by atoms with Crippen LogP contribution in [-0.4, -0.2) is 288 Å². The molecule has 2 bridgehead atoms. The summed E-state index contributed by atoms with van der Waals surface area (Å²) >= 11 is 0. The van der Waals surface area contributed by atoms with E-state index >= 15 is 51.9 Å². The molecule has 616 valence electrons. The van der Waals surface area contributed by atoms with Crippen LogP contribution in [0.2, 0.25) is 0 Å². The maximum atomic E-state index is 15.9. The first kappa shape index (κ1) is 87.6. The summed E-state index contributed by atoms with van der Waals surface area (Å²) in [6.45, 7) is 7.70. The number of rotatable bonds is 12. The smallest absolute Gasteiger partial charge is 0.378 e. The lowest BCUT2D eigenvalue weighted by atomic mass is 9.76. The van der Waals surface area contributed by atoms with Gasteiger partial charge in [-0.15, -0.1) is 0 Å². The number of nitrogens with zero attached hydrogens (tertiary/aromatic N) is 9. The number of fused-ring (bicyclic) bond motifs is 3. The van der Waals surface area contributed by atoms with Gasteiger partial charge in [-0.2, -0.15) is 26.3 Å². The van der Waals surface area contributed by atoms with Gasteiger partial charge < -0.3 is 64.8 Å². The predicted molar refractivity (Wildman–Crippen MR) is 384 cm³/mol. The van der Waals surface area contributed by atoms with E-state index < -0.39 is 224 Å². The Hall–Kier alpha value is -6.96. The Balaban J connectivity index is 1.20. The van der Waals surface area contributed by atoms with Gasteiger partial charge in [-0.3, -0.25) is 57.5 Å². The van der Waals surface area contributed by atoms with Crippen LogP contribution in [0.15, 0.2) is 0 Å². The summed E-state index contributed by atoms with van der Waals surface area (Å²) < 4.78 is 121. The van der Waals surface area contributed by atoms with Crippen molar-refractivity contribution in [2.75, 3.05) is 94.3 Å². The van der Waals surface area contributed by atoms with E-state index in [1.807, 2.05) is 13.8 Å². The lowest BCUT2D eigenvalue weighted by Crippen LogP contribution is -2.66. The molecule has 109 heavy (non-hydrogen) atoms. The van der Waals surface area contributed by atoms with Crippen LogP contribution in [0.4, 0.5) is 35.1 Å². The van der Waals surface area contributed by atoms with Crippen LogP contribution in [0.5, 0.6) is 0 Å². The van der Waals surface area contributed by atoms with Crippen LogP contribution < -0.4 is 16.0 Å². The van der Waals surface area contributed by atoms with Gasteiger partial charge in [0.15, 0.2) is 0 Å². The topological polar surface area (TPSA) is 279 Å². The minimum atomic E-state index is -5.20. The fourth-order valence-electron chi connectivity index (χ4n) is 18.1. The third-order valence-corrected chi connectivity index (χ3v) is 24.9. The zero-order valence-electron chi connectivity index (χ0n) is 65.2. The number of hydrogen-bond acceptors (Lipinski definition) is 13. The Morgan fingerprint density at radius 2 is 1.17 bits per heavy atom. The molecule has 8 aliphatic rings. The zero-order valence-corrected chi connectivity index (χ0v) is 65.2. The van der Waals surface area contributed by atoms with E-state index in [1.165, 1.54) is 64.6 Å². The monoisotopic (exact) mass is 1560 g/mol. The van der Waals surface area contributed by atoms with Gasteiger partial charge in [0.1, 0.15) is 72.1 Å². The molecule has 1 spiro atoms. The number of carbonyl (C=O) groups is 12. The second-order valence-corrected chi connectivity index (χ2v) is 32.8. The van der Waals surface area contributed by atoms with E-state index in [0.29, 0.717) is 51.4 Å². The van der Waals surface area contributed by atoms with Crippen molar-refractivity contribution in [3.8, 4) is 0 Å². The number of likely N-dealkylation sites (N-methyl/N-ethyl adjacent to an activating group) is 6. The van der Waals surface area contributed by atoms with Crippen LogP contribution in [0, 0.1) is 41.4 Å². The Morgan fingerprint density at radius 3 is 1.76 bits per heavy atom. The van der Waals surface area contributed by atoms with E-state index in [4.69, 9.17) is 4.74 Å². The summed E-state index contributed by atoms with van der Waals surface area (Å²) in [5, 5.41) is 8.56. The molecule has 4 saturated carbocycles. The van der Waals surface area contributed by atoms with Crippen molar-refractivity contribution in [2.24, 2.45) is 41.4 Å². The maximum absolute atomic E-state index is 15.9. The highest BCUT2D eigenvalue weighted by molar-refractivity contribution is 6.01. The molecule has 3 N–H and O–H groups in total. The lowest BCUT2D eigenvalue weighted by molar-refractivity contribution is -0.219. The summed E-state index contributed by atoms with van der Waals surface area (Å²) in [6, 6.07) is -11.0. The molecule has 0 aromatic heterocycles. The molecule has 0 radical (unpaired) electrons. The molecule has 4 heterocycles. The largest absolute Gasteiger partial charge is 0.397 e. The number of ether oxygens (including phenoxy) is 1. The Bertz CT molecular complexity index is 3210. The Labute approximate surface area is 635 Å². The maximum Gasteiger partial charge on any atom is 0.397 e. The van der Waals surface area contributed by atoms with Crippen LogP contribution >= 0.6 is 0 Å². The first-order valence-corrected chi connectivity index (χ1v) is 39.7. The molecule has 33 heteroatoms. The van der Waals surface area contributed by atoms with Gasteiger partial charge in [-0.1, -0.05) is 59.8 Å². The van der Waals surface area contributed by atoms with Crippen LogP contribution in [0.25, 0.3) is 0 Å². The fraction of sp³-hybridized carbons (Fsp3) is 0.842. The Kier molecular flexibility index (Phi) is 30.6. The lowest BCUT2D eigenvalue weighted by Gasteiger charge is -2.43. The van der Waals surface area contributed by atoms with Gasteiger partial charge in [0, 0.05) is 68.0 Å². The summed E-state index contributed by atoms with van der Waals surface area (Å²) in [7, 11) is 6.72. The van der Waals surface area contributed by atoms with Crippen molar-refractivity contribution < 1.29 is 97.4 Å². The molecule has 25 nitrogen and oxygen atoms in total. The Morgan fingerprint density at radius 1 is 0.578 bits per heavy atom. The first-order chi connectivity index (χ1) is 51.3. The minimum absolute atomic E-state index is 0.0175. The van der Waals surface area contributed by atoms with Crippen LogP contribution in [0.1, 0.15) is 195 Å². The average Bonchev–Trinajstić information content (AvgIpc) is 1.72. The number of carbonyl (C=O) groups excluding carboxylic acids is 12. The van der Waals surface area contributed by atoms with Gasteiger partial charge in [-0.05, 0) is 159 Å². The number of morpholine rings is 1. The number of halogens is 8. The number of hydrogen-bond donors (Lipinski definition) is 3. The molecule has 11 atom stereocenters. The van der Waals surface area contributed by atoms with Crippen LogP contribution in [-0.2, 0) is 62.3 Å². The molecular weight excluding hydrogens is 1440 g/mol. The first-order valence-electron chi connectivity index (χ1n) is 39.7.